The first-order chi connectivity index (χ1) is 8.59. The van der Waals surface area contributed by atoms with E-state index < -0.39 is 11.7 Å². The van der Waals surface area contributed by atoms with Gasteiger partial charge in [-0.25, -0.2) is 9.37 Å². The Morgan fingerprint density at radius 3 is 2.83 bits per heavy atom. The van der Waals surface area contributed by atoms with Crippen LogP contribution in [0.25, 0.3) is 0 Å². The molecule has 2 aromatic rings. The Balaban J connectivity index is 2.27. The minimum Gasteiger partial charge on any atom is -0.319 e. The Morgan fingerprint density at radius 2 is 2.11 bits per heavy atom. The van der Waals surface area contributed by atoms with Gasteiger partial charge in [-0.2, -0.15) is 0 Å². The van der Waals surface area contributed by atoms with Crippen molar-refractivity contribution in [3.8, 4) is 0 Å². The number of nitrogens with one attached hydrogen (secondary N) is 1. The predicted octanol–water partition coefficient (Wildman–Crippen LogP) is 3.89. The highest BCUT2D eigenvalue weighted by Crippen LogP contribution is 2.23. The molecule has 1 N–H and O–H groups in total. The van der Waals surface area contributed by atoms with Gasteiger partial charge in [0.15, 0.2) is 5.82 Å². The number of pyridine rings is 1. The van der Waals surface area contributed by atoms with Crippen molar-refractivity contribution >= 4 is 39.1 Å². The number of anilines is 1. The number of carbonyl (C=O) groups is 1. The number of aromatic nitrogens is 1. The van der Waals surface area contributed by atoms with E-state index >= 15 is 0 Å². The van der Waals surface area contributed by atoms with E-state index in [0.717, 1.165) is 0 Å². The lowest BCUT2D eigenvalue weighted by atomic mass is 10.2. The molecule has 18 heavy (non-hydrogen) atoms. The SMILES string of the molecule is O=C(Nc1cccc(Cl)c1F)c1cccnc1Br. The maximum absolute atomic E-state index is 13.6. The smallest absolute Gasteiger partial charge is 0.258 e. The van der Waals surface area contributed by atoms with Gasteiger partial charge in [0.1, 0.15) is 4.60 Å². The summed E-state index contributed by atoms with van der Waals surface area (Å²) in [6.07, 6.45) is 1.54. The summed E-state index contributed by atoms with van der Waals surface area (Å²) in [5.74, 6) is -1.12. The van der Waals surface area contributed by atoms with Crippen LogP contribution in [0.1, 0.15) is 10.4 Å². The van der Waals surface area contributed by atoms with Crippen molar-refractivity contribution in [2.24, 2.45) is 0 Å². The van der Waals surface area contributed by atoms with Gasteiger partial charge in [-0.3, -0.25) is 4.79 Å². The second-order valence-corrected chi connectivity index (χ2v) is 4.56. The Bertz CT molecular complexity index is 606. The monoisotopic (exact) mass is 328 g/mol. The van der Waals surface area contributed by atoms with Gasteiger partial charge in [0.05, 0.1) is 16.3 Å². The highest BCUT2D eigenvalue weighted by Gasteiger charge is 2.13. The summed E-state index contributed by atoms with van der Waals surface area (Å²) in [6.45, 7) is 0. The third kappa shape index (κ3) is 2.68. The quantitative estimate of drug-likeness (QED) is 0.849. The summed E-state index contributed by atoms with van der Waals surface area (Å²) in [6, 6.07) is 7.60. The molecule has 0 saturated carbocycles. The lowest BCUT2D eigenvalue weighted by molar-refractivity contribution is 0.102. The van der Waals surface area contributed by atoms with Crippen LogP contribution in [-0.2, 0) is 0 Å². The highest BCUT2D eigenvalue weighted by molar-refractivity contribution is 9.10. The summed E-state index contributed by atoms with van der Waals surface area (Å²) in [5, 5.41) is 2.40. The molecule has 0 aliphatic carbocycles. The molecule has 0 fully saturated rings. The van der Waals surface area contributed by atoms with Gasteiger partial charge in [0.2, 0.25) is 0 Å². The maximum atomic E-state index is 13.6. The van der Waals surface area contributed by atoms with E-state index in [9.17, 15) is 9.18 Å². The van der Waals surface area contributed by atoms with Gasteiger partial charge < -0.3 is 5.32 Å². The fourth-order valence-corrected chi connectivity index (χ4v) is 1.95. The van der Waals surface area contributed by atoms with Crippen molar-refractivity contribution in [2.75, 3.05) is 5.32 Å². The molecule has 1 heterocycles. The van der Waals surface area contributed by atoms with Crippen LogP contribution < -0.4 is 5.32 Å². The number of nitrogens with zero attached hydrogens (tertiary/aromatic N) is 1. The van der Waals surface area contributed by atoms with Crippen molar-refractivity contribution in [3.05, 3.63) is 57.5 Å². The highest BCUT2D eigenvalue weighted by atomic mass is 79.9. The van der Waals surface area contributed by atoms with Crippen LogP contribution in [0.2, 0.25) is 5.02 Å². The minimum absolute atomic E-state index is 0.0308. The van der Waals surface area contributed by atoms with Crippen LogP contribution >= 0.6 is 27.5 Å². The third-order valence-electron chi connectivity index (χ3n) is 2.20. The molecule has 1 aromatic carbocycles. The van der Waals surface area contributed by atoms with Crippen LogP contribution in [0.5, 0.6) is 0 Å². The summed E-state index contributed by atoms with van der Waals surface area (Å²) < 4.78 is 14.0. The molecule has 0 aliphatic heterocycles. The van der Waals surface area contributed by atoms with E-state index in [1.54, 1.807) is 24.4 Å². The Labute approximate surface area is 116 Å². The molecule has 1 amide bonds. The second kappa shape index (κ2) is 5.46. The van der Waals surface area contributed by atoms with Crippen molar-refractivity contribution in [3.63, 3.8) is 0 Å². The molecule has 0 aliphatic rings. The first kappa shape index (κ1) is 13.0. The van der Waals surface area contributed by atoms with Crippen LogP contribution in [0.3, 0.4) is 0 Å². The summed E-state index contributed by atoms with van der Waals surface area (Å²) >= 11 is 8.78. The van der Waals surface area contributed by atoms with Crippen molar-refractivity contribution in [1.82, 2.24) is 4.98 Å². The predicted molar refractivity (Wildman–Crippen MR) is 71.3 cm³/mol. The van der Waals surface area contributed by atoms with Crippen LogP contribution in [-0.4, -0.2) is 10.9 Å². The number of benzene rings is 1. The molecule has 0 atom stereocenters. The topological polar surface area (TPSA) is 42.0 Å². The van der Waals surface area contributed by atoms with Gasteiger partial charge in [-0.15, -0.1) is 0 Å². The molecule has 0 unspecified atom stereocenters. The Morgan fingerprint density at radius 1 is 1.33 bits per heavy atom. The van der Waals surface area contributed by atoms with E-state index in [1.165, 1.54) is 12.1 Å². The number of carbonyl (C=O) groups excluding carboxylic acids is 1. The molecular formula is C12H7BrClFN2O. The molecule has 92 valence electrons. The average Bonchev–Trinajstić information content (AvgIpc) is 2.35. The van der Waals surface area contributed by atoms with E-state index in [1.807, 2.05) is 0 Å². The van der Waals surface area contributed by atoms with Crippen molar-refractivity contribution in [1.29, 1.82) is 0 Å². The molecular weight excluding hydrogens is 322 g/mol. The normalized spacial score (nSPS) is 10.2. The lowest BCUT2D eigenvalue weighted by Gasteiger charge is -2.07. The molecule has 2 rings (SSSR count). The maximum Gasteiger partial charge on any atom is 0.258 e. The van der Waals surface area contributed by atoms with Gasteiger partial charge in [-0.05, 0) is 40.2 Å². The zero-order valence-corrected chi connectivity index (χ0v) is 11.3. The second-order valence-electron chi connectivity index (χ2n) is 3.40. The summed E-state index contributed by atoms with van der Waals surface area (Å²) in [4.78, 5) is 15.8. The van der Waals surface area contributed by atoms with Crippen molar-refractivity contribution in [2.45, 2.75) is 0 Å². The third-order valence-corrected chi connectivity index (χ3v) is 3.13. The molecule has 0 saturated heterocycles. The Kier molecular flexibility index (Phi) is 3.93. The average molecular weight is 330 g/mol. The first-order valence-corrected chi connectivity index (χ1v) is 6.12. The number of hydrogen-bond donors (Lipinski definition) is 1. The number of amides is 1. The fourth-order valence-electron chi connectivity index (χ4n) is 1.35. The van der Waals surface area contributed by atoms with Gasteiger partial charge in [0.25, 0.3) is 5.91 Å². The molecule has 6 heteroatoms. The van der Waals surface area contributed by atoms with Crippen LogP contribution in [0.4, 0.5) is 10.1 Å². The van der Waals surface area contributed by atoms with Crippen molar-refractivity contribution < 1.29 is 9.18 Å². The van der Waals surface area contributed by atoms with E-state index in [0.29, 0.717) is 10.2 Å². The van der Waals surface area contributed by atoms with Crippen LogP contribution in [0, 0.1) is 5.82 Å². The molecule has 0 spiro atoms. The summed E-state index contributed by atoms with van der Waals surface area (Å²) in [7, 11) is 0. The van der Waals surface area contributed by atoms with E-state index in [-0.39, 0.29) is 10.7 Å². The largest absolute Gasteiger partial charge is 0.319 e. The zero-order valence-electron chi connectivity index (χ0n) is 8.95. The first-order valence-electron chi connectivity index (χ1n) is 4.95. The standard InChI is InChI=1S/C12H7BrClFN2O/c13-11-7(3-2-6-16-11)12(18)17-9-5-1-4-8(14)10(9)15/h1-6H,(H,17,18). The molecule has 0 radical (unpaired) electrons. The molecule has 0 bridgehead atoms. The van der Waals surface area contributed by atoms with E-state index in [2.05, 4.69) is 26.2 Å². The van der Waals surface area contributed by atoms with Crippen LogP contribution in [0.15, 0.2) is 41.1 Å². The Hall–Kier alpha value is -1.46. The fraction of sp³-hybridized carbons (Fsp3) is 0. The summed E-state index contributed by atoms with van der Waals surface area (Å²) in [5.41, 5.74) is 0.347. The lowest BCUT2D eigenvalue weighted by Crippen LogP contribution is -2.14. The van der Waals surface area contributed by atoms with Gasteiger partial charge in [0, 0.05) is 6.20 Å². The number of halogens is 3. The minimum atomic E-state index is -0.660. The zero-order chi connectivity index (χ0) is 13.1. The van der Waals surface area contributed by atoms with Gasteiger partial charge >= 0.3 is 0 Å². The molecule has 1 aromatic heterocycles. The number of rotatable bonds is 2. The van der Waals surface area contributed by atoms with E-state index in [4.69, 9.17) is 11.6 Å². The molecule has 3 nitrogen and oxygen atoms in total. The van der Waals surface area contributed by atoms with Gasteiger partial charge in [-0.1, -0.05) is 17.7 Å². The number of hydrogen-bond acceptors (Lipinski definition) is 2.